The number of halogens is 1. The lowest BCUT2D eigenvalue weighted by Gasteiger charge is -2.19. The van der Waals surface area contributed by atoms with E-state index < -0.39 is 0 Å². The first kappa shape index (κ1) is 10.5. The van der Waals surface area contributed by atoms with E-state index in [0.29, 0.717) is 29.9 Å². The summed E-state index contributed by atoms with van der Waals surface area (Å²) in [5.74, 6) is 0.704. The number of hydrogen-bond donors (Lipinski definition) is 0. The van der Waals surface area contributed by atoms with E-state index in [-0.39, 0.29) is 5.91 Å². The van der Waals surface area contributed by atoms with Gasteiger partial charge in [0.25, 0.3) is 5.91 Å². The lowest BCUT2D eigenvalue weighted by molar-refractivity contribution is 0.0720. The van der Waals surface area contributed by atoms with Crippen LogP contribution in [-0.4, -0.2) is 34.3 Å². The molecule has 0 radical (unpaired) electrons. The van der Waals surface area contributed by atoms with E-state index in [1.54, 1.807) is 11.8 Å². The second-order valence-electron chi connectivity index (χ2n) is 3.69. The molecule has 15 heavy (non-hydrogen) atoms. The highest BCUT2D eigenvalue weighted by Crippen LogP contribution is 2.28. The number of alkyl halides is 1. The molecule has 0 spiro atoms. The molecule has 1 aliphatic carbocycles. The Morgan fingerprint density at radius 3 is 2.93 bits per heavy atom. The fraction of sp³-hybridized carbons (Fsp3) is 0.600. The molecule has 4 nitrogen and oxygen atoms in total. The van der Waals surface area contributed by atoms with Crippen LogP contribution >= 0.6 is 11.6 Å². The van der Waals surface area contributed by atoms with E-state index in [9.17, 15) is 4.79 Å². The summed E-state index contributed by atoms with van der Waals surface area (Å²) in [5, 5.41) is 0. The van der Waals surface area contributed by atoms with Crippen LogP contribution in [0.4, 0.5) is 0 Å². The van der Waals surface area contributed by atoms with Crippen molar-refractivity contribution in [2.24, 2.45) is 0 Å². The van der Waals surface area contributed by atoms with Crippen LogP contribution in [0, 0.1) is 6.92 Å². The van der Waals surface area contributed by atoms with E-state index in [2.05, 4.69) is 4.98 Å². The molecule has 0 unspecified atom stereocenters. The molecular formula is C10H13ClN2O2. The number of aryl methyl sites for hydroxylation is 1. The molecule has 1 fully saturated rings. The third-order valence-electron chi connectivity index (χ3n) is 2.51. The van der Waals surface area contributed by atoms with Crippen molar-refractivity contribution >= 4 is 17.5 Å². The Kier molecular flexibility index (Phi) is 2.95. The zero-order valence-corrected chi connectivity index (χ0v) is 9.33. The Bertz CT molecular complexity index is 360. The van der Waals surface area contributed by atoms with E-state index in [1.165, 1.54) is 6.39 Å². The summed E-state index contributed by atoms with van der Waals surface area (Å²) in [6.45, 7) is 2.34. The maximum absolute atomic E-state index is 12.0. The third kappa shape index (κ3) is 2.15. The summed E-state index contributed by atoms with van der Waals surface area (Å²) in [5.41, 5.74) is 0.639. The first-order valence-corrected chi connectivity index (χ1v) is 5.54. The monoisotopic (exact) mass is 228 g/mol. The van der Waals surface area contributed by atoms with E-state index in [1.807, 2.05) is 0 Å². The molecule has 1 aromatic rings. The number of oxazole rings is 1. The fourth-order valence-corrected chi connectivity index (χ4v) is 1.75. The SMILES string of the molecule is Cc1ncoc1C(=O)N(CCCl)C1CC1. The Morgan fingerprint density at radius 2 is 2.47 bits per heavy atom. The van der Waals surface area contributed by atoms with Gasteiger partial charge in [-0.05, 0) is 19.8 Å². The standard InChI is InChI=1S/C10H13ClN2O2/c1-7-9(15-6-12-7)10(14)13(5-4-11)8-2-3-8/h6,8H,2-5H2,1H3. The molecule has 1 amide bonds. The van der Waals surface area contributed by atoms with Crippen LogP contribution in [0.25, 0.3) is 0 Å². The molecule has 1 heterocycles. The van der Waals surface area contributed by atoms with Crippen molar-refractivity contribution in [2.75, 3.05) is 12.4 Å². The average Bonchev–Trinajstić information content (AvgIpc) is 2.97. The average molecular weight is 229 g/mol. The summed E-state index contributed by atoms with van der Waals surface area (Å²) < 4.78 is 5.09. The van der Waals surface area contributed by atoms with Gasteiger partial charge in [-0.1, -0.05) is 0 Å². The number of carbonyl (C=O) groups is 1. The minimum absolute atomic E-state index is 0.0897. The summed E-state index contributed by atoms with van der Waals surface area (Å²) in [4.78, 5) is 17.7. The normalized spacial score (nSPS) is 15.3. The van der Waals surface area contributed by atoms with Crippen molar-refractivity contribution < 1.29 is 9.21 Å². The quantitative estimate of drug-likeness (QED) is 0.739. The van der Waals surface area contributed by atoms with Crippen molar-refractivity contribution in [2.45, 2.75) is 25.8 Å². The van der Waals surface area contributed by atoms with Crippen LogP contribution in [-0.2, 0) is 0 Å². The topological polar surface area (TPSA) is 46.3 Å². The first-order valence-electron chi connectivity index (χ1n) is 5.01. The highest BCUT2D eigenvalue weighted by atomic mass is 35.5. The summed E-state index contributed by atoms with van der Waals surface area (Å²) in [7, 11) is 0. The van der Waals surface area contributed by atoms with Gasteiger partial charge in [0.15, 0.2) is 6.39 Å². The largest absolute Gasteiger partial charge is 0.438 e. The maximum Gasteiger partial charge on any atom is 0.291 e. The van der Waals surface area contributed by atoms with Gasteiger partial charge in [0.1, 0.15) is 0 Å². The Balaban J connectivity index is 2.14. The molecular weight excluding hydrogens is 216 g/mol. The van der Waals surface area contributed by atoms with Crippen molar-refractivity contribution in [1.82, 2.24) is 9.88 Å². The van der Waals surface area contributed by atoms with Gasteiger partial charge >= 0.3 is 0 Å². The van der Waals surface area contributed by atoms with Crippen LogP contribution in [0.15, 0.2) is 10.8 Å². The molecule has 0 bridgehead atoms. The minimum atomic E-state index is -0.0897. The van der Waals surface area contributed by atoms with Crippen LogP contribution in [0.5, 0.6) is 0 Å². The lowest BCUT2D eigenvalue weighted by Crippen LogP contribution is -2.34. The zero-order valence-electron chi connectivity index (χ0n) is 8.57. The number of hydrogen-bond acceptors (Lipinski definition) is 3. The predicted octanol–water partition coefficient (Wildman–Crippen LogP) is 1.83. The second kappa shape index (κ2) is 4.23. The summed E-state index contributed by atoms with van der Waals surface area (Å²) in [6, 6.07) is 0.348. The molecule has 5 heteroatoms. The molecule has 0 N–H and O–H groups in total. The van der Waals surface area contributed by atoms with E-state index >= 15 is 0 Å². The smallest absolute Gasteiger partial charge is 0.291 e. The van der Waals surface area contributed by atoms with Gasteiger partial charge in [0, 0.05) is 18.5 Å². The van der Waals surface area contributed by atoms with Gasteiger partial charge in [-0.25, -0.2) is 4.98 Å². The number of carbonyl (C=O) groups excluding carboxylic acids is 1. The van der Waals surface area contributed by atoms with Gasteiger partial charge in [-0.2, -0.15) is 0 Å². The molecule has 0 atom stereocenters. The molecule has 0 aliphatic heterocycles. The fourth-order valence-electron chi connectivity index (χ4n) is 1.56. The zero-order chi connectivity index (χ0) is 10.8. The highest BCUT2D eigenvalue weighted by molar-refractivity contribution is 6.18. The highest BCUT2D eigenvalue weighted by Gasteiger charge is 2.34. The molecule has 0 saturated heterocycles. The second-order valence-corrected chi connectivity index (χ2v) is 4.06. The molecule has 1 saturated carbocycles. The van der Waals surface area contributed by atoms with Crippen LogP contribution in [0.1, 0.15) is 29.1 Å². The third-order valence-corrected chi connectivity index (χ3v) is 2.68. The maximum atomic E-state index is 12.0. The van der Waals surface area contributed by atoms with Crippen LogP contribution in [0.2, 0.25) is 0 Å². The summed E-state index contributed by atoms with van der Waals surface area (Å²) in [6.07, 6.45) is 3.43. The van der Waals surface area contributed by atoms with Crippen molar-refractivity contribution in [3.63, 3.8) is 0 Å². The molecule has 82 valence electrons. The van der Waals surface area contributed by atoms with Crippen molar-refractivity contribution in [3.8, 4) is 0 Å². The van der Waals surface area contributed by atoms with Gasteiger partial charge in [0.2, 0.25) is 5.76 Å². The van der Waals surface area contributed by atoms with Crippen LogP contribution in [0.3, 0.4) is 0 Å². The summed E-state index contributed by atoms with van der Waals surface area (Å²) >= 11 is 5.67. The number of aromatic nitrogens is 1. The Hall–Kier alpha value is -1.03. The van der Waals surface area contributed by atoms with Crippen molar-refractivity contribution in [1.29, 1.82) is 0 Å². The number of nitrogens with zero attached hydrogens (tertiary/aromatic N) is 2. The minimum Gasteiger partial charge on any atom is -0.438 e. The van der Waals surface area contributed by atoms with E-state index in [4.69, 9.17) is 16.0 Å². The van der Waals surface area contributed by atoms with E-state index in [0.717, 1.165) is 12.8 Å². The Morgan fingerprint density at radius 1 is 1.73 bits per heavy atom. The number of rotatable bonds is 4. The number of amides is 1. The first-order chi connectivity index (χ1) is 7.24. The van der Waals surface area contributed by atoms with Crippen molar-refractivity contribution in [3.05, 3.63) is 17.8 Å². The van der Waals surface area contributed by atoms with Gasteiger partial charge < -0.3 is 9.32 Å². The lowest BCUT2D eigenvalue weighted by atomic mass is 10.3. The molecule has 1 aliphatic rings. The molecule has 1 aromatic heterocycles. The van der Waals surface area contributed by atoms with Crippen LogP contribution < -0.4 is 0 Å². The molecule has 0 aromatic carbocycles. The van der Waals surface area contributed by atoms with Gasteiger partial charge in [-0.15, -0.1) is 11.6 Å². The predicted molar refractivity (Wildman–Crippen MR) is 56.0 cm³/mol. The van der Waals surface area contributed by atoms with Gasteiger partial charge in [0.05, 0.1) is 5.69 Å². The van der Waals surface area contributed by atoms with Gasteiger partial charge in [-0.3, -0.25) is 4.79 Å². The Labute approximate surface area is 93.2 Å². The molecule has 2 rings (SSSR count).